The summed E-state index contributed by atoms with van der Waals surface area (Å²) in [7, 11) is -3.13. The van der Waals surface area contributed by atoms with Gasteiger partial charge in [-0.1, -0.05) is 24.1 Å². The predicted octanol–water partition coefficient (Wildman–Crippen LogP) is 3.12. The normalized spacial score (nSPS) is 25.4. The Kier molecular flexibility index (Phi) is 4.72. The smallest absolute Gasteiger partial charge is 0.150 e. The molecule has 2 rings (SSSR count). The largest absolute Gasteiger partial charge is 0.388 e. The minimum atomic E-state index is -3.13. The van der Waals surface area contributed by atoms with Crippen LogP contribution in [0.25, 0.3) is 0 Å². The number of rotatable bonds is 3. The van der Waals surface area contributed by atoms with Gasteiger partial charge in [0.15, 0.2) is 0 Å². The van der Waals surface area contributed by atoms with Gasteiger partial charge in [-0.25, -0.2) is 12.8 Å². The molecule has 0 heterocycles. The summed E-state index contributed by atoms with van der Waals surface area (Å²) in [5.41, 5.74) is 0.0771. The summed E-state index contributed by atoms with van der Waals surface area (Å²) in [6.45, 7) is 0. The van der Waals surface area contributed by atoms with Gasteiger partial charge in [-0.2, -0.15) is 0 Å². The van der Waals surface area contributed by atoms with Crippen LogP contribution in [0.15, 0.2) is 18.2 Å². The van der Waals surface area contributed by atoms with Crippen molar-refractivity contribution in [3.8, 4) is 0 Å². The molecular formula is C14H18ClFO3S. The lowest BCUT2D eigenvalue weighted by Gasteiger charge is -2.31. The van der Waals surface area contributed by atoms with E-state index in [0.717, 1.165) is 0 Å². The Labute approximate surface area is 123 Å². The Hall–Kier alpha value is -0.650. The predicted molar refractivity (Wildman–Crippen MR) is 77.0 cm³/mol. The lowest BCUT2D eigenvalue weighted by molar-refractivity contribution is 0.0826. The van der Waals surface area contributed by atoms with Crippen molar-refractivity contribution < 1.29 is 17.9 Å². The van der Waals surface area contributed by atoms with Crippen molar-refractivity contribution in [3.63, 3.8) is 0 Å². The first-order valence-corrected chi connectivity index (χ1v) is 8.94. The van der Waals surface area contributed by atoms with Gasteiger partial charge in [0.1, 0.15) is 15.7 Å². The van der Waals surface area contributed by atoms with Crippen LogP contribution in [0.3, 0.4) is 0 Å². The summed E-state index contributed by atoms with van der Waals surface area (Å²) in [5.74, 6) is -0.829. The van der Waals surface area contributed by atoms with E-state index in [0.29, 0.717) is 25.7 Å². The molecule has 0 bridgehead atoms. The maximum absolute atomic E-state index is 13.8. The summed E-state index contributed by atoms with van der Waals surface area (Å²) < 4.78 is 37.1. The van der Waals surface area contributed by atoms with Crippen LogP contribution >= 0.6 is 11.6 Å². The first-order chi connectivity index (χ1) is 9.30. The molecule has 1 aromatic carbocycles. The second-order valence-corrected chi connectivity index (χ2v) is 8.19. The molecule has 1 aliphatic carbocycles. The van der Waals surface area contributed by atoms with E-state index in [1.165, 1.54) is 24.5 Å². The minimum Gasteiger partial charge on any atom is -0.388 e. The zero-order chi connectivity index (χ0) is 14.9. The van der Waals surface area contributed by atoms with Gasteiger partial charge in [-0.05, 0) is 37.3 Å². The van der Waals surface area contributed by atoms with Crippen LogP contribution in [0.2, 0.25) is 5.02 Å². The van der Waals surface area contributed by atoms with Crippen LogP contribution in [0, 0.1) is 11.7 Å². The van der Waals surface area contributed by atoms with Gasteiger partial charge >= 0.3 is 0 Å². The zero-order valence-electron chi connectivity index (χ0n) is 11.2. The van der Waals surface area contributed by atoms with Crippen LogP contribution in [-0.4, -0.2) is 25.0 Å². The highest BCUT2D eigenvalue weighted by molar-refractivity contribution is 7.91. The number of halogens is 2. The summed E-state index contributed by atoms with van der Waals surface area (Å²) in [6, 6.07) is 4.26. The van der Waals surface area contributed by atoms with Crippen molar-refractivity contribution in [1.29, 1.82) is 0 Å². The molecule has 112 valence electrons. The Morgan fingerprint density at radius 1 is 1.40 bits per heavy atom. The van der Waals surface area contributed by atoms with Gasteiger partial charge in [-0.3, -0.25) is 0 Å². The number of hydrogen-bond donors (Lipinski definition) is 1. The second-order valence-electron chi connectivity index (χ2n) is 5.46. The van der Waals surface area contributed by atoms with Gasteiger partial charge in [0.25, 0.3) is 0 Å². The molecule has 3 unspecified atom stereocenters. The molecule has 20 heavy (non-hydrogen) atoms. The summed E-state index contributed by atoms with van der Waals surface area (Å²) >= 11 is 5.95. The standard InChI is InChI=1S/C14H18ClFO3S/c1-20(18,19)10-5-2-4-9(8-10)14(17)13-11(15)6-3-7-12(13)16/h3,6-7,9-10,14,17H,2,4-5,8H2,1H3. The molecule has 0 aromatic heterocycles. The quantitative estimate of drug-likeness (QED) is 0.931. The van der Waals surface area contributed by atoms with Crippen LogP contribution in [-0.2, 0) is 9.84 Å². The Bertz CT molecular complexity index is 568. The molecule has 0 radical (unpaired) electrons. The van der Waals surface area contributed by atoms with E-state index in [9.17, 15) is 17.9 Å². The van der Waals surface area contributed by atoms with Gasteiger partial charge < -0.3 is 5.11 Å². The van der Waals surface area contributed by atoms with Crippen molar-refractivity contribution in [2.45, 2.75) is 37.0 Å². The third kappa shape index (κ3) is 3.32. The fraction of sp³-hybridized carbons (Fsp3) is 0.571. The fourth-order valence-corrected chi connectivity index (χ4v) is 4.35. The van der Waals surface area contributed by atoms with Gasteiger partial charge in [0, 0.05) is 16.8 Å². The number of aliphatic hydroxyl groups excluding tert-OH is 1. The van der Waals surface area contributed by atoms with E-state index in [4.69, 9.17) is 11.6 Å². The summed E-state index contributed by atoms with van der Waals surface area (Å²) in [4.78, 5) is 0. The van der Waals surface area contributed by atoms with Crippen molar-refractivity contribution in [2.75, 3.05) is 6.26 Å². The van der Waals surface area contributed by atoms with Crippen molar-refractivity contribution in [3.05, 3.63) is 34.6 Å². The molecule has 0 spiro atoms. The molecule has 1 aliphatic rings. The van der Waals surface area contributed by atoms with E-state index in [-0.39, 0.29) is 16.5 Å². The molecule has 3 atom stereocenters. The van der Waals surface area contributed by atoms with E-state index in [1.54, 1.807) is 0 Å². The summed E-state index contributed by atoms with van der Waals surface area (Å²) in [5, 5.41) is 10.1. The van der Waals surface area contributed by atoms with E-state index in [1.807, 2.05) is 0 Å². The maximum atomic E-state index is 13.8. The van der Waals surface area contributed by atoms with E-state index >= 15 is 0 Å². The first-order valence-electron chi connectivity index (χ1n) is 6.61. The zero-order valence-corrected chi connectivity index (χ0v) is 12.8. The van der Waals surface area contributed by atoms with Gasteiger partial charge in [0.2, 0.25) is 0 Å². The minimum absolute atomic E-state index is 0.0771. The highest BCUT2D eigenvalue weighted by atomic mass is 35.5. The molecule has 1 saturated carbocycles. The first kappa shape index (κ1) is 15.7. The monoisotopic (exact) mass is 320 g/mol. The van der Waals surface area contributed by atoms with E-state index in [2.05, 4.69) is 0 Å². The Morgan fingerprint density at radius 2 is 2.10 bits per heavy atom. The van der Waals surface area contributed by atoms with Crippen LogP contribution in [0.1, 0.15) is 37.4 Å². The lowest BCUT2D eigenvalue weighted by Crippen LogP contribution is -2.30. The van der Waals surface area contributed by atoms with E-state index < -0.39 is 27.0 Å². The molecule has 0 aliphatic heterocycles. The topological polar surface area (TPSA) is 54.4 Å². The third-order valence-corrected chi connectivity index (χ3v) is 5.98. The SMILES string of the molecule is CS(=O)(=O)C1CCCC(C(O)c2c(F)cccc2Cl)C1. The summed E-state index contributed by atoms with van der Waals surface area (Å²) in [6.07, 6.45) is 2.50. The average Bonchev–Trinajstić information content (AvgIpc) is 2.37. The molecule has 0 saturated heterocycles. The molecule has 1 fully saturated rings. The maximum Gasteiger partial charge on any atom is 0.150 e. The number of aliphatic hydroxyl groups is 1. The molecule has 6 heteroatoms. The van der Waals surface area contributed by atoms with Crippen molar-refractivity contribution in [1.82, 2.24) is 0 Å². The number of benzene rings is 1. The third-order valence-electron chi connectivity index (χ3n) is 4.01. The van der Waals surface area contributed by atoms with Gasteiger partial charge in [0.05, 0.1) is 11.4 Å². The average molecular weight is 321 g/mol. The number of sulfone groups is 1. The number of hydrogen-bond acceptors (Lipinski definition) is 3. The highest BCUT2D eigenvalue weighted by Gasteiger charge is 2.34. The molecule has 3 nitrogen and oxygen atoms in total. The van der Waals surface area contributed by atoms with Crippen LogP contribution in [0.4, 0.5) is 4.39 Å². The lowest BCUT2D eigenvalue weighted by atomic mass is 9.82. The fourth-order valence-electron chi connectivity index (χ4n) is 2.89. The van der Waals surface area contributed by atoms with Gasteiger partial charge in [-0.15, -0.1) is 0 Å². The van der Waals surface area contributed by atoms with Crippen LogP contribution < -0.4 is 0 Å². The molecular weight excluding hydrogens is 303 g/mol. The highest BCUT2D eigenvalue weighted by Crippen LogP contribution is 2.39. The van der Waals surface area contributed by atoms with Crippen molar-refractivity contribution in [2.24, 2.45) is 5.92 Å². The molecule has 0 amide bonds. The Balaban J connectivity index is 2.23. The Morgan fingerprint density at radius 3 is 2.70 bits per heavy atom. The second kappa shape index (κ2) is 6.00. The molecule has 1 aromatic rings. The van der Waals surface area contributed by atoms with Crippen molar-refractivity contribution >= 4 is 21.4 Å². The molecule has 1 N–H and O–H groups in total. The van der Waals surface area contributed by atoms with Crippen LogP contribution in [0.5, 0.6) is 0 Å².